The lowest BCUT2D eigenvalue weighted by Gasteiger charge is -2.08. The van der Waals surface area contributed by atoms with Crippen LogP contribution in [-0.2, 0) is 0 Å². The smallest absolute Gasteiger partial charge is 0.193 e. The average molecular weight is 217 g/mol. The Morgan fingerprint density at radius 1 is 1.31 bits per heavy atom. The summed E-state index contributed by atoms with van der Waals surface area (Å²) in [4.78, 5) is 4.32. The van der Waals surface area contributed by atoms with Crippen LogP contribution in [0.4, 0.5) is 5.69 Å². The molecule has 0 unspecified atom stereocenters. The molecule has 3 heteroatoms. The van der Waals surface area contributed by atoms with E-state index in [-0.39, 0.29) is 0 Å². The van der Waals surface area contributed by atoms with E-state index < -0.39 is 0 Å². The summed E-state index contributed by atoms with van der Waals surface area (Å²) in [5.74, 6) is 1.09. The molecule has 0 spiro atoms. The Bertz CT molecular complexity index is 375. The molecule has 1 aromatic rings. The molecule has 0 radical (unpaired) electrons. The van der Waals surface area contributed by atoms with Crippen molar-refractivity contribution in [3.63, 3.8) is 0 Å². The maximum Gasteiger partial charge on any atom is 0.193 e. The van der Waals surface area contributed by atoms with Gasteiger partial charge in [-0.05, 0) is 36.5 Å². The fourth-order valence-electron chi connectivity index (χ4n) is 1.53. The second-order valence-electron chi connectivity index (χ2n) is 4.65. The first kappa shape index (κ1) is 11.0. The predicted molar refractivity (Wildman–Crippen MR) is 68.8 cm³/mol. The monoisotopic (exact) mass is 217 g/mol. The summed E-state index contributed by atoms with van der Waals surface area (Å²) < 4.78 is 0. The van der Waals surface area contributed by atoms with Crippen LogP contribution in [0.5, 0.6) is 0 Å². The number of nitrogens with zero attached hydrogens (tertiary/aromatic N) is 1. The molecule has 2 rings (SSSR count). The molecular formula is C13H19N3. The molecule has 3 N–H and O–H groups in total. The van der Waals surface area contributed by atoms with Crippen molar-refractivity contribution in [3.8, 4) is 0 Å². The highest BCUT2D eigenvalue weighted by atomic mass is 15.1. The van der Waals surface area contributed by atoms with Gasteiger partial charge in [-0.3, -0.25) is 0 Å². The zero-order valence-corrected chi connectivity index (χ0v) is 9.90. The summed E-state index contributed by atoms with van der Waals surface area (Å²) in [7, 11) is 0. The number of anilines is 1. The lowest BCUT2D eigenvalue weighted by Crippen LogP contribution is -2.22. The van der Waals surface area contributed by atoms with Gasteiger partial charge in [0.15, 0.2) is 5.96 Å². The number of benzene rings is 1. The van der Waals surface area contributed by atoms with Crippen molar-refractivity contribution < 1.29 is 0 Å². The molecule has 16 heavy (non-hydrogen) atoms. The van der Waals surface area contributed by atoms with Crippen molar-refractivity contribution >= 4 is 11.6 Å². The molecule has 0 atom stereocenters. The molecule has 1 aliphatic rings. The van der Waals surface area contributed by atoms with Crippen LogP contribution in [0.2, 0.25) is 0 Å². The first-order valence-corrected chi connectivity index (χ1v) is 5.85. The molecule has 1 aromatic carbocycles. The maximum atomic E-state index is 5.78. The van der Waals surface area contributed by atoms with E-state index in [1.54, 1.807) is 0 Å². The molecule has 0 bridgehead atoms. The standard InChI is InChI=1S/C13H19N3/c1-9(2)10-3-5-11(6-4-10)15-13(14)16-12-7-8-12/h3-6,9,12H,7-8H2,1-2H3,(H3,14,15,16). The Hall–Kier alpha value is -1.51. The number of nitrogens with two attached hydrogens (primary N) is 1. The molecule has 1 fully saturated rings. The second kappa shape index (κ2) is 4.56. The lowest BCUT2D eigenvalue weighted by molar-refractivity contribution is 0.867. The fraction of sp³-hybridized carbons (Fsp3) is 0.462. The van der Waals surface area contributed by atoms with Crippen LogP contribution >= 0.6 is 0 Å². The third-order valence-corrected chi connectivity index (χ3v) is 2.72. The van der Waals surface area contributed by atoms with Gasteiger partial charge in [0.1, 0.15) is 0 Å². The van der Waals surface area contributed by atoms with Crippen molar-refractivity contribution in [1.82, 2.24) is 0 Å². The van der Waals surface area contributed by atoms with Crippen molar-refractivity contribution in [2.24, 2.45) is 10.7 Å². The molecule has 0 aliphatic heterocycles. The summed E-state index contributed by atoms with van der Waals surface area (Å²) in [6, 6.07) is 8.80. The van der Waals surface area contributed by atoms with Crippen molar-refractivity contribution in [3.05, 3.63) is 29.8 Å². The number of hydrogen-bond acceptors (Lipinski definition) is 1. The number of guanidine groups is 1. The molecule has 0 saturated heterocycles. The van der Waals surface area contributed by atoms with Crippen molar-refractivity contribution in [2.45, 2.75) is 38.6 Å². The largest absolute Gasteiger partial charge is 0.370 e. The van der Waals surface area contributed by atoms with Crippen LogP contribution in [0, 0.1) is 0 Å². The topological polar surface area (TPSA) is 50.4 Å². The Morgan fingerprint density at radius 3 is 2.44 bits per heavy atom. The minimum Gasteiger partial charge on any atom is -0.370 e. The van der Waals surface area contributed by atoms with E-state index in [9.17, 15) is 0 Å². The van der Waals surface area contributed by atoms with Crippen molar-refractivity contribution in [2.75, 3.05) is 5.32 Å². The van der Waals surface area contributed by atoms with E-state index >= 15 is 0 Å². The van der Waals surface area contributed by atoms with Crippen LogP contribution in [0.3, 0.4) is 0 Å². The molecule has 1 saturated carbocycles. The molecule has 0 aromatic heterocycles. The molecular weight excluding hydrogens is 198 g/mol. The Labute approximate surface area is 96.8 Å². The number of nitrogens with one attached hydrogen (secondary N) is 1. The Kier molecular flexibility index (Phi) is 3.13. The fourth-order valence-corrected chi connectivity index (χ4v) is 1.53. The van der Waals surface area contributed by atoms with Crippen LogP contribution in [-0.4, -0.2) is 12.0 Å². The van der Waals surface area contributed by atoms with Gasteiger partial charge >= 0.3 is 0 Å². The van der Waals surface area contributed by atoms with Crippen LogP contribution in [0.25, 0.3) is 0 Å². The summed E-state index contributed by atoms with van der Waals surface area (Å²) in [5, 5.41) is 3.11. The first-order valence-electron chi connectivity index (χ1n) is 5.85. The van der Waals surface area contributed by atoms with Gasteiger partial charge in [0.2, 0.25) is 0 Å². The quantitative estimate of drug-likeness (QED) is 0.604. The third-order valence-electron chi connectivity index (χ3n) is 2.72. The summed E-state index contributed by atoms with van der Waals surface area (Å²) in [5.41, 5.74) is 8.13. The number of aliphatic imine (C=N–C) groups is 1. The highest BCUT2D eigenvalue weighted by Crippen LogP contribution is 2.23. The maximum absolute atomic E-state index is 5.78. The minimum absolute atomic E-state index is 0.461. The van der Waals surface area contributed by atoms with Crippen LogP contribution in [0.15, 0.2) is 29.3 Å². The molecule has 86 valence electrons. The Balaban J connectivity index is 1.98. The number of hydrogen-bond donors (Lipinski definition) is 2. The minimum atomic E-state index is 0.461. The normalized spacial score (nSPS) is 16.6. The van der Waals surface area contributed by atoms with Gasteiger partial charge in [0.05, 0.1) is 6.04 Å². The molecule has 0 heterocycles. The van der Waals surface area contributed by atoms with Gasteiger partial charge in [-0.25, -0.2) is 4.99 Å². The summed E-state index contributed by atoms with van der Waals surface area (Å²) in [6.07, 6.45) is 2.35. The van der Waals surface area contributed by atoms with Crippen LogP contribution in [0.1, 0.15) is 38.2 Å². The highest BCUT2D eigenvalue weighted by molar-refractivity contribution is 5.92. The summed E-state index contributed by atoms with van der Waals surface area (Å²) >= 11 is 0. The molecule has 0 amide bonds. The first-order chi connectivity index (χ1) is 7.65. The average Bonchev–Trinajstić information content (AvgIpc) is 3.02. The molecule has 1 aliphatic carbocycles. The lowest BCUT2D eigenvalue weighted by atomic mass is 10.0. The van der Waals surface area contributed by atoms with Gasteiger partial charge in [-0.1, -0.05) is 26.0 Å². The van der Waals surface area contributed by atoms with Gasteiger partial charge in [0, 0.05) is 5.69 Å². The van der Waals surface area contributed by atoms with Gasteiger partial charge in [0.25, 0.3) is 0 Å². The van der Waals surface area contributed by atoms with Crippen LogP contribution < -0.4 is 11.1 Å². The zero-order valence-electron chi connectivity index (χ0n) is 9.90. The SMILES string of the molecule is CC(C)c1ccc(NC(N)=NC2CC2)cc1. The van der Waals surface area contributed by atoms with E-state index in [0.29, 0.717) is 17.9 Å². The summed E-state index contributed by atoms with van der Waals surface area (Å²) in [6.45, 7) is 4.37. The zero-order chi connectivity index (χ0) is 11.5. The van der Waals surface area contributed by atoms with E-state index in [1.165, 1.54) is 18.4 Å². The van der Waals surface area contributed by atoms with E-state index in [4.69, 9.17) is 5.73 Å². The Morgan fingerprint density at radius 2 is 1.94 bits per heavy atom. The van der Waals surface area contributed by atoms with Gasteiger partial charge < -0.3 is 11.1 Å². The third kappa shape index (κ3) is 2.99. The molecule has 3 nitrogen and oxygen atoms in total. The number of rotatable bonds is 3. The van der Waals surface area contributed by atoms with E-state index in [1.807, 2.05) is 12.1 Å². The van der Waals surface area contributed by atoms with E-state index in [2.05, 4.69) is 36.3 Å². The predicted octanol–water partition coefficient (Wildman–Crippen LogP) is 2.70. The highest BCUT2D eigenvalue weighted by Gasteiger charge is 2.20. The van der Waals surface area contributed by atoms with Crippen molar-refractivity contribution in [1.29, 1.82) is 0 Å². The second-order valence-corrected chi connectivity index (χ2v) is 4.65. The van der Waals surface area contributed by atoms with Gasteiger partial charge in [-0.2, -0.15) is 0 Å². The van der Waals surface area contributed by atoms with Gasteiger partial charge in [-0.15, -0.1) is 0 Å². The van der Waals surface area contributed by atoms with E-state index in [0.717, 1.165) is 5.69 Å².